The molecule has 2 atom stereocenters. The summed E-state index contributed by atoms with van der Waals surface area (Å²) in [5, 5.41) is 7.93. The number of sulfonamides is 1. The Labute approximate surface area is 121 Å². The minimum absolute atomic E-state index is 0.311. The molecule has 1 aromatic carbocycles. The highest BCUT2D eigenvalue weighted by Gasteiger charge is 2.29. The van der Waals surface area contributed by atoms with Crippen molar-refractivity contribution in [1.29, 1.82) is 0 Å². The maximum absolute atomic E-state index is 11.8. The Morgan fingerprint density at radius 3 is 2.37 bits per heavy atom. The minimum Gasteiger partial charge on any atom is -0.480 e. The Morgan fingerprint density at radius 2 is 1.89 bits per heavy atom. The molecule has 0 saturated carbocycles. The maximum Gasteiger partial charge on any atom is 0.323 e. The molecule has 0 aliphatic heterocycles. The molecule has 0 bridgehead atoms. The predicted molar refractivity (Wildman–Crippen MR) is 74.0 cm³/mol. The zero-order valence-electron chi connectivity index (χ0n) is 10.2. The second kappa shape index (κ2) is 6.09. The third-order valence-corrected chi connectivity index (χ3v) is 4.96. The second-order valence-electron chi connectivity index (χ2n) is 4.03. The van der Waals surface area contributed by atoms with Gasteiger partial charge < -0.3 is 5.11 Å². The lowest BCUT2D eigenvalue weighted by Gasteiger charge is -2.17. The van der Waals surface area contributed by atoms with Crippen molar-refractivity contribution in [2.45, 2.75) is 25.1 Å². The molecule has 0 aliphatic carbocycles. The number of hydrogen-bond donors (Lipinski definition) is 2. The first-order valence-electron chi connectivity index (χ1n) is 5.34. The van der Waals surface area contributed by atoms with Crippen LogP contribution < -0.4 is 4.72 Å². The molecule has 0 aliphatic rings. The minimum atomic E-state index is -3.97. The fourth-order valence-corrected chi connectivity index (χ4v) is 3.06. The van der Waals surface area contributed by atoms with Crippen molar-refractivity contribution in [3.63, 3.8) is 0 Å². The molecule has 2 N–H and O–H groups in total. The molecule has 0 spiro atoms. The highest BCUT2D eigenvalue weighted by molar-refractivity contribution is 7.90. The fraction of sp³-hybridized carbons (Fsp3) is 0.364. The number of carbonyl (C=O) groups is 1. The zero-order chi connectivity index (χ0) is 14.8. The van der Waals surface area contributed by atoms with E-state index in [0.717, 1.165) is 6.92 Å². The van der Waals surface area contributed by atoms with Crippen LogP contribution in [0.2, 0.25) is 10.0 Å². The summed E-state index contributed by atoms with van der Waals surface area (Å²) in [6, 6.07) is 4.00. The number of nitrogens with one attached hydrogen (secondary N) is 1. The molecule has 0 heterocycles. The average Bonchev–Trinajstić information content (AvgIpc) is 2.26. The summed E-state index contributed by atoms with van der Waals surface area (Å²) < 4.78 is 25.8. The van der Waals surface area contributed by atoms with Gasteiger partial charge in [0.1, 0.15) is 0 Å². The van der Waals surface area contributed by atoms with Crippen LogP contribution in [0.5, 0.6) is 0 Å². The van der Waals surface area contributed by atoms with E-state index in [-0.39, 0.29) is 0 Å². The van der Waals surface area contributed by atoms with Crippen LogP contribution in [0.3, 0.4) is 0 Å². The van der Waals surface area contributed by atoms with Crippen molar-refractivity contribution in [1.82, 2.24) is 4.72 Å². The molecule has 0 saturated heterocycles. The maximum atomic E-state index is 11.8. The third kappa shape index (κ3) is 4.07. The molecule has 2 unspecified atom stereocenters. The molecule has 106 valence electrons. The van der Waals surface area contributed by atoms with E-state index >= 15 is 0 Å². The van der Waals surface area contributed by atoms with Gasteiger partial charge >= 0.3 is 5.97 Å². The number of carboxylic acid groups (broad SMARTS) is 1. The average molecular weight is 326 g/mol. The molecule has 0 aromatic heterocycles. The Kier molecular flexibility index (Phi) is 5.20. The van der Waals surface area contributed by atoms with Gasteiger partial charge in [-0.3, -0.25) is 4.79 Å². The summed E-state index contributed by atoms with van der Waals surface area (Å²) in [7, 11) is -3.97. The van der Waals surface area contributed by atoms with Crippen LogP contribution in [0.1, 0.15) is 25.5 Å². The highest BCUT2D eigenvalue weighted by Crippen LogP contribution is 2.26. The van der Waals surface area contributed by atoms with Crippen molar-refractivity contribution in [2.75, 3.05) is 0 Å². The highest BCUT2D eigenvalue weighted by atomic mass is 35.5. The summed E-state index contributed by atoms with van der Waals surface area (Å²) in [5.41, 5.74) is 0.521. The van der Waals surface area contributed by atoms with E-state index in [0.29, 0.717) is 15.6 Å². The number of carboxylic acids is 1. The van der Waals surface area contributed by atoms with Gasteiger partial charge in [0.15, 0.2) is 5.25 Å². The monoisotopic (exact) mass is 325 g/mol. The zero-order valence-corrected chi connectivity index (χ0v) is 12.6. The summed E-state index contributed by atoms with van der Waals surface area (Å²) in [6.45, 7) is 2.67. The molecule has 0 amide bonds. The van der Waals surface area contributed by atoms with Crippen LogP contribution in [0.25, 0.3) is 0 Å². The van der Waals surface area contributed by atoms with Crippen LogP contribution in [0.4, 0.5) is 0 Å². The van der Waals surface area contributed by atoms with Gasteiger partial charge in [0.2, 0.25) is 10.0 Å². The Hall–Kier alpha value is -0.820. The molecular formula is C11H13Cl2NO4S. The van der Waals surface area contributed by atoms with Gasteiger partial charge in [-0.25, -0.2) is 13.1 Å². The van der Waals surface area contributed by atoms with E-state index in [1.165, 1.54) is 6.07 Å². The van der Waals surface area contributed by atoms with Gasteiger partial charge in [0.05, 0.1) is 0 Å². The van der Waals surface area contributed by atoms with Gasteiger partial charge in [0, 0.05) is 16.1 Å². The second-order valence-corrected chi connectivity index (χ2v) is 6.91. The summed E-state index contributed by atoms with van der Waals surface area (Å²) in [6.07, 6.45) is 0. The number of rotatable bonds is 5. The normalized spacial score (nSPS) is 14.9. The van der Waals surface area contributed by atoms with Crippen molar-refractivity contribution in [2.24, 2.45) is 0 Å². The number of hydrogen-bond acceptors (Lipinski definition) is 3. The van der Waals surface area contributed by atoms with Crippen LogP contribution in [-0.4, -0.2) is 24.7 Å². The molecular weight excluding hydrogens is 313 g/mol. The molecule has 8 heteroatoms. The lowest BCUT2D eigenvalue weighted by atomic mass is 10.1. The van der Waals surface area contributed by atoms with E-state index in [9.17, 15) is 13.2 Å². The predicted octanol–water partition coefficient (Wildman–Crippen LogP) is 2.45. The molecule has 0 fully saturated rings. The Balaban J connectivity index is 2.97. The van der Waals surface area contributed by atoms with Crippen LogP contribution in [0, 0.1) is 0 Å². The number of benzene rings is 1. The summed E-state index contributed by atoms with van der Waals surface area (Å²) in [5.74, 6) is -1.41. The van der Waals surface area contributed by atoms with Gasteiger partial charge in [-0.1, -0.05) is 29.3 Å². The van der Waals surface area contributed by atoms with Crippen LogP contribution >= 0.6 is 23.2 Å². The lowest BCUT2D eigenvalue weighted by molar-refractivity contribution is -0.136. The van der Waals surface area contributed by atoms with Gasteiger partial charge in [0.25, 0.3) is 0 Å². The van der Waals surface area contributed by atoms with Gasteiger partial charge in [-0.2, -0.15) is 0 Å². The van der Waals surface area contributed by atoms with E-state index < -0.39 is 27.3 Å². The first kappa shape index (κ1) is 16.2. The number of aliphatic carboxylic acids is 1. The van der Waals surface area contributed by atoms with E-state index in [2.05, 4.69) is 4.72 Å². The number of halogens is 2. The van der Waals surface area contributed by atoms with E-state index in [1.54, 1.807) is 19.1 Å². The standard InChI is InChI=1S/C11H13Cl2NO4S/c1-6(9-4-3-8(12)5-10(9)13)14-19(17,18)7(2)11(15)16/h3-7,14H,1-2H3,(H,15,16). The van der Waals surface area contributed by atoms with Crippen LogP contribution in [0.15, 0.2) is 18.2 Å². The molecule has 5 nitrogen and oxygen atoms in total. The fourth-order valence-electron chi connectivity index (χ4n) is 1.40. The smallest absolute Gasteiger partial charge is 0.323 e. The molecule has 0 radical (unpaired) electrons. The first-order chi connectivity index (χ1) is 8.65. The van der Waals surface area contributed by atoms with Crippen LogP contribution in [-0.2, 0) is 14.8 Å². The van der Waals surface area contributed by atoms with E-state index in [1.807, 2.05) is 0 Å². The van der Waals surface area contributed by atoms with E-state index in [4.69, 9.17) is 28.3 Å². The quantitative estimate of drug-likeness (QED) is 0.870. The topological polar surface area (TPSA) is 83.5 Å². The summed E-state index contributed by atoms with van der Waals surface area (Å²) >= 11 is 11.7. The lowest BCUT2D eigenvalue weighted by Crippen LogP contribution is -2.38. The first-order valence-corrected chi connectivity index (χ1v) is 7.64. The van der Waals surface area contributed by atoms with Crippen molar-refractivity contribution < 1.29 is 18.3 Å². The van der Waals surface area contributed by atoms with Crippen molar-refractivity contribution in [3.05, 3.63) is 33.8 Å². The molecule has 1 aromatic rings. The molecule has 1 rings (SSSR count). The summed E-state index contributed by atoms with van der Waals surface area (Å²) in [4.78, 5) is 10.7. The third-order valence-electron chi connectivity index (χ3n) is 2.58. The SMILES string of the molecule is CC(NS(=O)(=O)C(C)C(=O)O)c1ccc(Cl)cc1Cl. The van der Waals surface area contributed by atoms with Crippen molar-refractivity contribution in [3.8, 4) is 0 Å². The Bertz CT molecular complexity index is 588. The van der Waals surface area contributed by atoms with Gasteiger partial charge in [-0.15, -0.1) is 0 Å². The van der Waals surface area contributed by atoms with Gasteiger partial charge in [-0.05, 0) is 31.5 Å². The Morgan fingerprint density at radius 1 is 1.32 bits per heavy atom. The largest absolute Gasteiger partial charge is 0.480 e. The van der Waals surface area contributed by atoms with Crippen molar-refractivity contribution >= 4 is 39.2 Å². The molecule has 19 heavy (non-hydrogen) atoms.